The van der Waals surface area contributed by atoms with Gasteiger partial charge in [0.15, 0.2) is 0 Å². The molecule has 0 saturated heterocycles. The van der Waals surface area contributed by atoms with Crippen molar-refractivity contribution in [3.8, 4) is 5.75 Å². The lowest BCUT2D eigenvalue weighted by molar-refractivity contribution is -0.274. The molecule has 0 aliphatic rings. The molecule has 0 heterocycles. The topological polar surface area (TPSA) is 41.5 Å². The predicted octanol–water partition coefficient (Wildman–Crippen LogP) is 3.14. The fourth-order valence-electron chi connectivity index (χ4n) is 1.13. The number of rotatable bonds is 5. The zero-order chi connectivity index (χ0) is 12.9. The summed E-state index contributed by atoms with van der Waals surface area (Å²) in [6, 6.07) is 4.18. The Labute approximate surface area is 105 Å². The minimum Gasteiger partial charge on any atom is -0.405 e. The van der Waals surface area contributed by atoms with Crippen molar-refractivity contribution < 1.29 is 23.0 Å². The zero-order valence-electron chi connectivity index (χ0n) is 8.72. The highest BCUT2D eigenvalue weighted by atomic mass is 79.9. The van der Waals surface area contributed by atoms with Gasteiger partial charge in [0.05, 0.1) is 4.47 Å². The van der Waals surface area contributed by atoms with Crippen LogP contribution in [0.5, 0.6) is 5.75 Å². The van der Waals surface area contributed by atoms with Crippen LogP contribution in [0.1, 0.15) is 6.42 Å². The fraction of sp³-hybridized carbons (Fsp3) is 0.400. The molecule has 0 radical (unpaired) electrons. The number of hydrogen-bond acceptors (Lipinski definition) is 3. The second kappa shape index (κ2) is 6.11. The van der Waals surface area contributed by atoms with E-state index in [0.29, 0.717) is 18.7 Å². The maximum Gasteiger partial charge on any atom is 0.573 e. The molecule has 0 bridgehead atoms. The van der Waals surface area contributed by atoms with Crippen molar-refractivity contribution in [3.63, 3.8) is 0 Å². The van der Waals surface area contributed by atoms with Crippen molar-refractivity contribution in [2.75, 3.05) is 18.5 Å². The van der Waals surface area contributed by atoms with Crippen LogP contribution < -0.4 is 10.1 Å². The summed E-state index contributed by atoms with van der Waals surface area (Å²) in [5.74, 6) is -0.287. The van der Waals surface area contributed by atoms with E-state index in [-0.39, 0.29) is 16.8 Å². The van der Waals surface area contributed by atoms with Gasteiger partial charge in [0.25, 0.3) is 0 Å². The maximum absolute atomic E-state index is 12.0. The highest BCUT2D eigenvalue weighted by Crippen LogP contribution is 2.32. The van der Waals surface area contributed by atoms with Crippen molar-refractivity contribution >= 4 is 21.6 Å². The normalized spacial score (nSPS) is 11.4. The first kappa shape index (κ1) is 14.1. The molecule has 0 saturated carbocycles. The first-order chi connectivity index (χ1) is 7.92. The van der Waals surface area contributed by atoms with Gasteiger partial charge in [0.2, 0.25) is 0 Å². The molecule has 1 rings (SSSR count). The highest BCUT2D eigenvalue weighted by Gasteiger charge is 2.31. The van der Waals surface area contributed by atoms with Crippen molar-refractivity contribution in [2.45, 2.75) is 12.8 Å². The van der Waals surface area contributed by atoms with Crippen molar-refractivity contribution in [1.29, 1.82) is 0 Å². The van der Waals surface area contributed by atoms with E-state index in [1.807, 2.05) is 0 Å². The number of hydrogen-bond donors (Lipinski definition) is 2. The molecule has 0 aliphatic heterocycles. The summed E-state index contributed by atoms with van der Waals surface area (Å²) in [4.78, 5) is 0. The molecular weight excluding hydrogens is 303 g/mol. The molecule has 2 N–H and O–H groups in total. The van der Waals surface area contributed by atoms with Crippen LogP contribution in [0.25, 0.3) is 0 Å². The molecule has 0 aromatic heterocycles. The van der Waals surface area contributed by atoms with Crippen LogP contribution in [0, 0.1) is 0 Å². The van der Waals surface area contributed by atoms with E-state index < -0.39 is 6.36 Å². The van der Waals surface area contributed by atoms with E-state index in [1.165, 1.54) is 18.2 Å². The Bertz CT molecular complexity index is 371. The highest BCUT2D eigenvalue weighted by molar-refractivity contribution is 9.10. The van der Waals surface area contributed by atoms with Gasteiger partial charge in [-0.05, 0) is 40.5 Å². The first-order valence-electron chi connectivity index (χ1n) is 4.82. The average molecular weight is 314 g/mol. The molecule has 0 unspecified atom stereocenters. The lowest BCUT2D eigenvalue weighted by Gasteiger charge is -2.12. The van der Waals surface area contributed by atoms with Gasteiger partial charge < -0.3 is 15.2 Å². The van der Waals surface area contributed by atoms with Crippen molar-refractivity contribution in [3.05, 3.63) is 22.7 Å². The molecule has 0 fully saturated rings. The Balaban J connectivity index is 2.66. The minimum absolute atomic E-state index is 0.0590. The van der Waals surface area contributed by atoms with Gasteiger partial charge in [-0.25, -0.2) is 0 Å². The number of aliphatic hydroxyl groups is 1. The Morgan fingerprint density at radius 1 is 1.35 bits per heavy atom. The van der Waals surface area contributed by atoms with Crippen LogP contribution in [-0.2, 0) is 0 Å². The van der Waals surface area contributed by atoms with Crippen LogP contribution in [-0.4, -0.2) is 24.6 Å². The fourth-order valence-corrected chi connectivity index (χ4v) is 1.59. The Morgan fingerprint density at radius 3 is 2.59 bits per heavy atom. The number of anilines is 1. The van der Waals surface area contributed by atoms with Crippen LogP contribution in [0.2, 0.25) is 0 Å². The van der Waals surface area contributed by atoms with Crippen LogP contribution in [0.15, 0.2) is 22.7 Å². The van der Waals surface area contributed by atoms with E-state index in [9.17, 15) is 13.2 Å². The molecule has 0 spiro atoms. The summed E-state index contributed by atoms with van der Waals surface area (Å²) < 4.78 is 40.0. The van der Waals surface area contributed by atoms with Gasteiger partial charge >= 0.3 is 6.36 Å². The van der Waals surface area contributed by atoms with Gasteiger partial charge in [-0.3, -0.25) is 0 Å². The number of alkyl halides is 3. The summed E-state index contributed by atoms with van der Waals surface area (Å²) in [6.45, 7) is 0.603. The third kappa shape index (κ3) is 5.27. The van der Waals surface area contributed by atoms with E-state index in [1.54, 1.807) is 0 Å². The number of nitrogens with one attached hydrogen (secondary N) is 1. The SMILES string of the molecule is OCCCNc1ccc(OC(F)(F)F)c(Br)c1. The number of ether oxygens (including phenoxy) is 1. The third-order valence-electron chi connectivity index (χ3n) is 1.82. The third-order valence-corrected chi connectivity index (χ3v) is 2.44. The van der Waals surface area contributed by atoms with Crippen LogP contribution in [0.4, 0.5) is 18.9 Å². The second-order valence-electron chi connectivity index (χ2n) is 3.20. The molecule has 7 heteroatoms. The second-order valence-corrected chi connectivity index (χ2v) is 4.05. The molecule has 1 aromatic rings. The Morgan fingerprint density at radius 2 is 2.06 bits per heavy atom. The smallest absolute Gasteiger partial charge is 0.405 e. The van der Waals surface area contributed by atoms with Gasteiger partial charge in [-0.15, -0.1) is 13.2 Å². The standard InChI is InChI=1S/C10H11BrF3NO2/c11-8-6-7(15-4-1-5-16)2-3-9(8)17-10(12,13)14/h2-3,6,15-16H,1,4-5H2. The van der Waals surface area contributed by atoms with E-state index in [4.69, 9.17) is 5.11 Å². The predicted molar refractivity (Wildman–Crippen MR) is 61.0 cm³/mol. The van der Waals surface area contributed by atoms with Gasteiger partial charge in [-0.2, -0.15) is 0 Å². The molecule has 17 heavy (non-hydrogen) atoms. The summed E-state index contributed by atoms with van der Waals surface area (Å²) in [5.41, 5.74) is 0.653. The number of benzene rings is 1. The summed E-state index contributed by atoms with van der Waals surface area (Å²) in [6.07, 6.45) is -4.13. The van der Waals surface area contributed by atoms with E-state index >= 15 is 0 Å². The largest absolute Gasteiger partial charge is 0.573 e. The summed E-state index contributed by atoms with van der Waals surface area (Å²) >= 11 is 2.99. The van der Waals surface area contributed by atoms with E-state index in [2.05, 4.69) is 26.0 Å². The first-order valence-corrected chi connectivity index (χ1v) is 5.61. The molecule has 0 aliphatic carbocycles. The lowest BCUT2D eigenvalue weighted by Crippen LogP contribution is -2.17. The Hall–Kier alpha value is -0.950. The maximum atomic E-state index is 12.0. The number of halogens is 4. The molecule has 96 valence electrons. The number of aliphatic hydroxyl groups excluding tert-OH is 1. The monoisotopic (exact) mass is 313 g/mol. The zero-order valence-corrected chi connectivity index (χ0v) is 10.3. The minimum atomic E-state index is -4.70. The molecule has 3 nitrogen and oxygen atoms in total. The van der Waals surface area contributed by atoms with Crippen LogP contribution >= 0.6 is 15.9 Å². The molecule has 0 amide bonds. The average Bonchev–Trinajstić information content (AvgIpc) is 2.21. The summed E-state index contributed by atoms with van der Waals surface area (Å²) in [7, 11) is 0. The quantitative estimate of drug-likeness (QED) is 0.821. The van der Waals surface area contributed by atoms with Gasteiger partial charge in [0.1, 0.15) is 5.75 Å². The van der Waals surface area contributed by atoms with Crippen LogP contribution in [0.3, 0.4) is 0 Å². The van der Waals surface area contributed by atoms with Crippen molar-refractivity contribution in [2.24, 2.45) is 0 Å². The van der Waals surface area contributed by atoms with Gasteiger partial charge in [0, 0.05) is 18.8 Å². The van der Waals surface area contributed by atoms with E-state index in [0.717, 1.165) is 0 Å². The molecule has 1 aromatic carbocycles. The van der Waals surface area contributed by atoms with Gasteiger partial charge in [-0.1, -0.05) is 0 Å². The Kier molecular flexibility index (Phi) is 5.07. The summed E-state index contributed by atoms with van der Waals surface area (Å²) in [5, 5.41) is 11.5. The lowest BCUT2D eigenvalue weighted by atomic mass is 10.3. The molecule has 0 atom stereocenters. The van der Waals surface area contributed by atoms with Crippen molar-refractivity contribution in [1.82, 2.24) is 0 Å². The molecular formula is C10H11BrF3NO2.